The summed E-state index contributed by atoms with van der Waals surface area (Å²) >= 11 is 0. The molecule has 0 radical (unpaired) electrons. The van der Waals surface area contributed by atoms with Gasteiger partial charge in [0.1, 0.15) is 0 Å². The Kier molecular flexibility index (Phi) is 11.7. The van der Waals surface area contributed by atoms with Gasteiger partial charge in [0, 0.05) is 6.42 Å². The summed E-state index contributed by atoms with van der Waals surface area (Å²) in [7, 11) is 0. The summed E-state index contributed by atoms with van der Waals surface area (Å²) in [5.74, 6) is -0.346. The van der Waals surface area contributed by atoms with Crippen LogP contribution in [0.15, 0.2) is 24.8 Å². The molecule has 0 aliphatic rings. The van der Waals surface area contributed by atoms with E-state index in [-0.39, 0.29) is 0 Å². The van der Waals surface area contributed by atoms with Crippen molar-refractivity contribution in [3.05, 3.63) is 24.8 Å². The third-order valence-corrected chi connectivity index (χ3v) is 3.11. The second-order valence-electron chi connectivity index (χ2n) is 5.07. The van der Waals surface area contributed by atoms with Crippen molar-refractivity contribution in [2.75, 3.05) is 0 Å². The van der Waals surface area contributed by atoms with E-state index in [1.165, 1.54) is 38.5 Å². The molecule has 0 heterocycles. The van der Waals surface area contributed by atoms with Crippen LogP contribution in [0.5, 0.6) is 0 Å². The third-order valence-electron chi connectivity index (χ3n) is 3.11. The molecule has 0 rings (SSSR count). The molecule has 1 unspecified atom stereocenters. The average Bonchev–Trinajstić information content (AvgIpc) is 2.30. The Bertz CT molecular complexity index is 243. The predicted molar refractivity (Wildman–Crippen MR) is 77.7 cm³/mol. The number of aliphatic carboxylic acids is 1. The number of carbonyl (C=O) groups is 1. The average molecular weight is 252 g/mol. The molecular weight excluding hydrogens is 224 g/mol. The smallest absolute Gasteiger partial charge is 0.303 e. The number of allylic oxidation sites excluding steroid dienone is 3. The lowest BCUT2D eigenvalue weighted by atomic mass is 9.99. The van der Waals surface area contributed by atoms with Gasteiger partial charge in [-0.2, -0.15) is 0 Å². The minimum Gasteiger partial charge on any atom is -0.481 e. The summed E-state index contributed by atoms with van der Waals surface area (Å²) in [5, 5.41) is 8.63. The first kappa shape index (κ1) is 16.9. The van der Waals surface area contributed by atoms with Crippen molar-refractivity contribution in [1.82, 2.24) is 0 Å². The molecule has 1 atom stereocenters. The van der Waals surface area contributed by atoms with Crippen LogP contribution in [-0.4, -0.2) is 11.1 Å². The third kappa shape index (κ3) is 13.0. The van der Waals surface area contributed by atoms with Crippen LogP contribution in [0.25, 0.3) is 0 Å². The van der Waals surface area contributed by atoms with Gasteiger partial charge in [-0.05, 0) is 18.8 Å². The number of unbranched alkanes of at least 4 members (excludes halogenated alkanes) is 6. The SMILES string of the molecule is C=CC=CCCCCCCCCC(C)CC(=O)O. The van der Waals surface area contributed by atoms with Crippen molar-refractivity contribution < 1.29 is 9.90 Å². The fraction of sp³-hybridized carbons (Fsp3) is 0.688. The highest BCUT2D eigenvalue weighted by Crippen LogP contribution is 2.14. The molecule has 0 fully saturated rings. The fourth-order valence-electron chi connectivity index (χ4n) is 2.05. The van der Waals surface area contributed by atoms with Gasteiger partial charge in [0.15, 0.2) is 0 Å². The predicted octanol–water partition coefficient (Wildman–Crippen LogP) is 4.96. The van der Waals surface area contributed by atoms with E-state index in [2.05, 4.69) is 12.7 Å². The lowest BCUT2D eigenvalue weighted by Crippen LogP contribution is -2.03. The van der Waals surface area contributed by atoms with Gasteiger partial charge in [-0.1, -0.05) is 70.3 Å². The molecule has 0 aliphatic carbocycles. The zero-order chi connectivity index (χ0) is 13.6. The van der Waals surface area contributed by atoms with Crippen molar-refractivity contribution >= 4 is 5.97 Å². The van der Waals surface area contributed by atoms with Gasteiger partial charge in [-0.25, -0.2) is 0 Å². The second-order valence-corrected chi connectivity index (χ2v) is 5.07. The quantitative estimate of drug-likeness (QED) is 0.394. The first-order valence-corrected chi connectivity index (χ1v) is 7.16. The van der Waals surface area contributed by atoms with Gasteiger partial charge in [-0.15, -0.1) is 0 Å². The molecular formula is C16H28O2. The van der Waals surface area contributed by atoms with E-state index in [0.29, 0.717) is 12.3 Å². The second kappa shape index (κ2) is 12.4. The lowest BCUT2D eigenvalue weighted by Gasteiger charge is -2.07. The summed E-state index contributed by atoms with van der Waals surface area (Å²) in [4.78, 5) is 10.5. The molecule has 0 saturated carbocycles. The number of hydrogen-bond donors (Lipinski definition) is 1. The van der Waals surface area contributed by atoms with Crippen LogP contribution in [0.2, 0.25) is 0 Å². The molecule has 2 heteroatoms. The van der Waals surface area contributed by atoms with Gasteiger partial charge in [0.05, 0.1) is 0 Å². The van der Waals surface area contributed by atoms with E-state index in [9.17, 15) is 4.79 Å². The molecule has 0 aromatic carbocycles. The molecule has 18 heavy (non-hydrogen) atoms. The van der Waals surface area contributed by atoms with E-state index >= 15 is 0 Å². The molecule has 0 amide bonds. The van der Waals surface area contributed by atoms with Crippen LogP contribution in [0.1, 0.15) is 64.7 Å². The van der Waals surface area contributed by atoms with E-state index in [0.717, 1.165) is 12.8 Å². The minimum atomic E-state index is -0.671. The number of rotatable bonds is 12. The number of carboxylic acid groups (broad SMARTS) is 1. The molecule has 0 aromatic heterocycles. The molecule has 2 nitrogen and oxygen atoms in total. The van der Waals surface area contributed by atoms with E-state index < -0.39 is 5.97 Å². The summed E-state index contributed by atoms with van der Waals surface area (Å²) in [5.41, 5.74) is 0. The normalized spacial score (nSPS) is 12.7. The van der Waals surface area contributed by atoms with E-state index in [4.69, 9.17) is 5.11 Å². The maximum absolute atomic E-state index is 10.5. The van der Waals surface area contributed by atoms with E-state index in [1.54, 1.807) is 0 Å². The van der Waals surface area contributed by atoms with E-state index in [1.807, 2.05) is 19.1 Å². The van der Waals surface area contributed by atoms with Crippen molar-refractivity contribution in [2.24, 2.45) is 5.92 Å². The number of carboxylic acids is 1. The van der Waals surface area contributed by atoms with Crippen LogP contribution in [0.4, 0.5) is 0 Å². The van der Waals surface area contributed by atoms with Crippen LogP contribution in [0.3, 0.4) is 0 Å². The first-order valence-electron chi connectivity index (χ1n) is 7.16. The Hall–Kier alpha value is -1.05. The Labute approximate surface area is 112 Å². The van der Waals surface area contributed by atoms with Gasteiger partial charge < -0.3 is 5.11 Å². The summed E-state index contributed by atoms with van der Waals surface area (Å²) in [6, 6.07) is 0. The maximum atomic E-state index is 10.5. The monoisotopic (exact) mass is 252 g/mol. The zero-order valence-electron chi connectivity index (χ0n) is 11.7. The zero-order valence-corrected chi connectivity index (χ0v) is 11.7. The molecule has 0 saturated heterocycles. The molecule has 1 N–H and O–H groups in total. The van der Waals surface area contributed by atoms with Gasteiger partial charge >= 0.3 is 5.97 Å². The van der Waals surface area contributed by atoms with Gasteiger partial charge in [0.2, 0.25) is 0 Å². The highest BCUT2D eigenvalue weighted by molar-refractivity contribution is 5.66. The highest BCUT2D eigenvalue weighted by atomic mass is 16.4. The first-order chi connectivity index (χ1) is 8.66. The lowest BCUT2D eigenvalue weighted by molar-refractivity contribution is -0.138. The van der Waals surface area contributed by atoms with Crippen LogP contribution >= 0.6 is 0 Å². The maximum Gasteiger partial charge on any atom is 0.303 e. The molecule has 0 aliphatic heterocycles. The molecule has 0 bridgehead atoms. The van der Waals surface area contributed by atoms with Gasteiger partial charge in [0.25, 0.3) is 0 Å². The summed E-state index contributed by atoms with van der Waals surface area (Å²) < 4.78 is 0. The largest absolute Gasteiger partial charge is 0.481 e. The summed E-state index contributed by atoms with van der Waals surface area (Å²) in [6.07, 6.45) is 16.1. The standard InChI is InChI=1S/C16H28O2/c1-3-4-5-6-7-8-9-10-11-12-13-15(2)14-16(17)18/h3-5,15H,1,6-14H2,2H3,(H,17,18). The number of hydrogen-bond acceptors (Lipinski definition) is 1. The Morgan fingerprint density at radius 3 is 2.39 bits per heavy atom. The molecule has 0 aromatic rings. The Morgan fingerprint density at radius 2 is 1.78 bits per heavy atom. The summed E-state index contributed by atoms with van der Waals surface area (Å²) in [6.45, 7) is 5.66. The van der Waals surface area contributed by atoms with Gasteiger partial charge in [-0.3, -0.25) is 4.79 Å². The van der Waals surface area contributed by atoms with Crippen molar-refractivity contribution in [1.29, 1.82) is 0 Å². The van der Waals surface area contributed by atoms with Crippen molar-refractivity contribution in [3.63, 3.8) is 0 Å². The molecule has 0 spiro atoms. The van der Waals surface area contributed by atoms with Crippen molar-refractivity contribution in [3.8, 4) is 0 Å². The Balaban J connectivity index is 3.18. The highest BCUT2D eigenvalue weighted by Gasteiger charge is 2.06. The van der Waals surface area contributed by atoms with Crippen molar-refractivity contribution in [2.45, 2.75) is 64.7 Å². The Morgan fingerprint density at radius 1 is 1.17 bits per heavy atom. The topological polar surface area (TPSA) is 37.3 Å². The minimum absolute atomic E-state index is 0.315. The molecule has 104 valence electrons. The fourth-order valence-corrected chi connectivity index (χ4v) is 2.05. The van der Waals surface area contributed by atoms with Crippen LogP contribution in [-0.2, 0) is 4.79 Å². The van der Waals surface area contributed by atoms with Crippen LogP contribution in [0, 0.1) is 5.92 Å². The van der Waals surface area contributed by atoms with Crippen LogP contribution < -0.4 is 0 Å².